The molecule has 2 fully saturated rings. The largest absolute Gasteiger partial charge is 0.481 e. The molecule has 2 unspecified atom stereocenters. The van der Waals surface area contributed by atoms with Gasteiger partial charge in [0.2, 0.25) is 0 Å². The summed E-state index contributed by atoms with van der Waals surface area (Å²) in [5, 5.41) is 9.16. The lowest BCUT2D eigenvalue weighted by atomic mass is 9.90. The van der Waals surface area contributed by atoms with E-state index < -0.39 is 11.4 Å². The van der Waals surface area contributed by atoms with E-state index in [4.69, 9.17) is 9.84 Å². The van der Waals surface area contributed by atoms with Crippen LogP contribution < -0.4 is 0 Å². The van der Waals surface area contributed by atoms with Crippen molar-refractivity contribution in [2.45, 2.75) is 26.3 Å². The van der Waals surface area contributed by atoms with E-state index >= 15 is 0 Å². The molecular weight excluding hydrogens is 236 g/mol. The summed E-state index contributed by atoms with van der Waals surface area (Å²) in [7, 11) is 0. The summed E-state index contributed by atoms with van der Waals surface area (Å²) in [5.41, 5.74) is -0.800. The molecular formula is C12H20N2O4. The number of morpholine rings is 1. The van der Waals surface area contributed by atoms with E-state index in [0.717, 1.165) is 0 Å². The van der Waals surface area contributed by atoms with Crippen LogP contribution in [0.4, 0.5) is 4.79 Å². The predicted octanol–water partition coefficient (Wildman–Crippen LogP) is 0.624. The zero-order chi connectivity index (χ0) is 13.3. The van der Waals surface area contributed by atoms with Gasteiger partial charge in [0.1, 0.15) is 0 Å². The maximum atomic E-state index is 12.3. The van der Waals surface area contributed by atoms with Gasteiger partial charge in [-0.15, -0.1) is 0 Å². The first-order valence-corrected chi connectivity index (χ1v) is 6.31. The van der Waals surface area contributed by atoms with E-state index in [-0.39, 0.29) is 12.1 Å². The van der Waals surface area contributed by atoms with Crippen LogP contribution in [0.1, 0.15) is 20.3 Å². The zero-order valence-corrected chi connectivity index (χ0v) is 10.9. The monoisotopic (exact) mass is 256 g/mol. The van der Waals surface area contributed by atoms with Crippen molar-refractivity contribution >= 4 is 12.0 Å². The lowest BCUT2D eigenvalue weighted by molar-refractivity contribution is -0.147. The lowest BCUT2D eigenvalue weighted by Crippen LogP contribution is -2.52. The molecule has 2 heterocycles. The minimum absolute atomic E-state index is 0.0583. The van der Waals surface area contributed by atoms with Crippen molar-refractivity contribution in [3.63, 3.8) is 0 Å². The summed E-state index contributed by atoms with van der Waals surface area (Å²) in [4.78, 5) is 26.9. The average Bonchev–Trinajstić information content (AvgIpc) is 2.73. The van der Waals surface area contributed by atoms with Crippen LogP contribution in [-0.4, -0.2) is 65.8 Å². The van der Waals surface area contributed by atoms with E-state index in [1.807, 2.05) is 6.92 Å². The first-order valence-electron chi connectivity index (χ1n) is 6.31. The summed E-state index contributed by atoms with van der Waals surface area (Å²) in [6.07, 6.45) is 0.521. The third-order valence-corrected chi connectivity index (χ3v) is 3.87. The molecule has 6 nitrogen and oxygen atoms in total. The Morgan fingerprint density at radius 2 is 2.11 bits per heavy atom. The Kier molecular flexibility index (Phi) is 3.47. The molecule has 2 rings (SSSR count). The van der Waals surface area contributed by atoms with Crippen molar-refractivity contribution in [3.05, 3.63) is 0 Å². The van der Waals surface area contributed by atoms with Gasteiger partial charge in [-0.05, 0) is 20.3 Å². The molecule has 2 amide bonds. The fourth-order valence-corrected chi connectivity index (χ4v) is 2.49. The highest BCUT2D eigenvalue weighted by atomic mass is 16.5. The van der Waals surface area contributed by atoms with Crippen molar-refractivity contribution in [2.75, 3.05) is 32.8 Å². The first kappa shape index (κ1) is 13.1. The van der Waals surface area contributed by atoms with Crippen LogP contribution in [0, 0.1) is 5.41 Å². The number of carbonyl (C=O) groups is 2. The SMILES string of the molecule is CC1COCCN1C(=O)N1CCC(C)(C(=O)O)C1. The Bertz CT molecular complexity index is 360. The van der Waals surface area contributed by atoms with Gasteiger partial charge in [-0.3, -0.25) is 4.79 Å². The van der Waals surface area contributed by atoms with Crippen LogP contribution in [0.25, 0.3) is 0 Å². The van der Waals surface area contributed by atoms with Crippen molar-refractivity contribution in [2.24, 2.45) is 5.41 Å². The van der Waals surface area contributed by atoms with E-state index in [9.17, 15) is 9.59 Å². The molecule has 2 saturated heterocycles. The zero-order valence-electron chi connectivity index (χ0n) is 10.9. The Morgan fingerprint density at radius 1 is 1.39 bits per heavy atom. The highest BCUT2D eigenvalue weighted by molar-refractivity contribution is 5.79. The van der Waals surface area contributed by atoms with Crippen molar-refractivity contribution in [1.29, 1.82) is 0 Å². The average molecular weight is 256 g/mol. The number of hydrogen-bond donors (Lipinski definition) is 1. The maximum Gasteiger partial charge on any atom is 0.320 e. The molecule has 0 aromatic rings. The number of urea groups is 1. The molecule has 0 spiro atoms. The lowest BCUT2D eigenvalue weighted by Gasteiger charge is -2.36. The molecule has 0 aromatic carbocycles. The fraction of sp³-hybridized carbons (Fsp3) is 0.833. The Labute approximate surface area is 106 Å². The highest BCUT2D eigenvalue weighted by Gasteiger charge is 2.43. The molecule has 6 heteroatoms. The van der Waals surface area contributed by atoms with Crippen LogP contribution in [-0.2, 0) is 9.53 Å². The van der Waals surface area contributed by atoms with E-state index in [2.05, 4.69) is 0 Å². The third-order valence-electron chi connectivity index (χ3n) is 3.87. The normalized spacial score (nSPS) is 32.7. The smallest absolute Gasteiger partial charge is 0.320 e. The summed E-state index contributed by atoms with van der Waals surface area (Å²) < 4.78 is 5.30. The number of ether oxygens (including phenoxy) is 1. The number of carbonyl (C=O) groups excluding carboxylic acids is 1. The van der Waals surface area contributed by atoms with Crippen molar-refractivity contribution in [1.82, 2.24) is 9.80 Å². The Morgan fingerprint density at radius 3 is 2.67 bits per heavy atom. The molecule has 1 N–H and O–H groups in total. The van der Waals surface area contributed by atoms with Gasteiger partial charge in [-0.1, -0.05) is 0 Å². The van der Waals surface area contributed by atoms with Gasteiger partial charge >= 0.3 is 12.0 Å². The number of hydrogen-bond acceptors (Lipinski definition) is 3. The second-order valence-electron chi connectivity index (χ2n) is 5.44. The molecule has 0 aromatic heterocycles. The van der Waals surface area contributed by atoms with Crippen molar-refractivity contribution in [3.8, 4) is 0 Å². The van der Waals surface area contributed by atoms with Crippen LogP contribution in [0.3, 0.4) is 0 Å². The molecule has 18 heavy (non-hydrogen) atoms. The molecule has 0 aliphatic carbocycles. The van der Waals surface area contributed by atoms with Gasteiger partial charge in [-0.25, -0.2) is 4.79 Å². The second kappa shape index (κ2) is 4.76. The van der Waals surface area contributed by atoms with Gasteiger partial charge in [0.25, 0.3) is 0 Å². The number of amides is 2. The van der Waals surface area contributed by atoms with Crippen LogP contribution in [0.2, 0.25) is 0 Å². The van der Waals surface area contributed by atoms with Crippen LogP contribution in [0.15, 0.2) is 0 Å². The minimum Gasteiger partial charge on any atom is -0.481 e. The molecule has 2 atom stereocenters. The summed E-state index contributed by atoms with van der Waals surface area (Å²) in [5.74, 6) is -0.826. The topological polar surface area (TPSA) is 70.1 Å². The molecule has 2 aliphatic heterocycles. The molecule has 0 bridgehead atoms. The third kappa shape index (κ3) is 2.29. The standard InChI is InChI=1S/C12H20N2O4/c1-9-7-18-6-5-14(9)11(17)13-4-3-12(2,8-13)10(15)16/h9H,3-8H2,1-2H3,(H,15,16). The van der Waals surface area contributed by atoms with Gasteiger partial charge in [-0.2, -0.15) is 0 Å². The number of aliphatic carboxylic acids is 1. The fourth-order valence-electron chi connectivity index (χ4n) is 2.49. The Balaban J connectivity index is 2.01. The number of likely N-dealkylation sites (tertiary alicyclic amines) is 1. The molecule has 2 aliphatic rings. The number of rotatable bonds is 1. The van der Waals surface area contributed by atoms with Gasteiger partial charge in [0, 0.05) is 19.6 Å². The van der Waals surface area contributed by atoms with Gasteiger partial charge in [0.05, 0.1) is 24.7 Å². The Hall–Kier alpha value is -1.30. The summed E-state index contributed by atoms with van der Waals surface area (Å²) in [6.45, 7) is 6.15. The van der Waals surface area contributed by atoms with Crippen molar-refractivity contribution < 1.29 is 19.4 Å². The van der Waals surface area contributed by atoms with Gasteiger partial charge < -0.3 is 19.6 Å². The first-order chi connectivity index (χ1) is 8.44. The predicted molar refractivity (Wildman–Crippen MR) is 64.3 cm³/mol. The highest BCUT2D eigenvalue weighted by Crippen LogP contribution is 2.31. The van der Waals surface area contributed by atoms with Crippen LogP contribution >= 0.6 is 0 Å². The minimum atomic E-state index is -0.826. The summed E-state index contributed by atoms with van der Waals surface area (Å²) >= 11 is 0. The number of nitrogens with zero attached hydrogens (tertiary/aromatic N) is 2. The van der Waals surface area contributed by atoms with E-state index in [1.165, 1.54) is 0 Å². The van der Waals surface area contributed by atoms with Crippen LogP contribution in [0.5, 0.6) is 0 Å². The molecule has 102 valence electrons. The van der Waals surface area contributed by atoms with E-state index in [1.54, 1.807) is 16.7 Å². The van der Waals surface area contributed by atoms with Gasteiger partial charge in [0.15, 0.2) is 0 Å². The number of carboxylic acids is 1. The second-order valence-corrected chi connectivity index (χ2v) is 5.44. The number of carboxylic acid groups (broad SMARTS) is 1. The summed E-state index contributed by atoms with van der Waals surface area (Å²) in [6, 6.07) is -0.00120. The maximum absolute atomic E-state index is 12.3. The molecule has 0 saturated carbocycles. The quantitative estimate of drug-likeness (QED) is 0.747. The molecule has 0 radical (unpaired) electrons. The van der Waals surface area contributed by atoms with E-state index in [0.29, 0.717) is 39.3 Å².